The van der Waals surface area contributed by atoms with Crippen molar-refractivity contribution in [3.8, 4) is 0 Å². The van der Waals surface area contributed by atoms with Crippen LogP contribution in [0.2, 0.25) is 0 Å². The Morgan fingerprint density at radius 3 is 2.08 bits per heavy atom. The van der Waals surface area contributed by atoms with Crippen molar-refractivity contribution < 1.29 is 4.79 Å². The van der Waals surface area contributed by atoms with Gasteiger partial charge in [0.15, 0.2) is 5.43 Å². The Labute approximate surface area is 140 Å². The summed E-state index contributed by atoms with van der Waals surface area (Å²) in [5.41, 5.74) is 7.19. The van der Waals surface area contributed by atoms with E-state index in [0.717, 1.165) is 11.0 Å². The van der Waals surface area contributed by atoms with E-state index in [-0.39, 0.29) is 23.9 Å². The second-order valence-corrected chi connectivity index (χ2v) is 6.04. The summed E-state index contributed by atoms with van der Waals surface area (Å²) in [4.78, 5) is 27.0. The van der Waals surface area contributed by atoms with Crippen LogP contribution in [0.15, 0.2) is 53.3 Å². The molecule has 1 unspecified atom stereocenters. The van der Waals surface area contributed by atoms with Gasteiger partial charge >= 0.3 is 0 Å². The maximum atomic E-state index is 12.7. The van der Waals surface area contributed by atoms with Crippen molar-refractivity contribution in [3.63, 3.8) is 0 Å². The minimum Gasteiger partial charge on any atom is -0.340 e. The molecule has 1 aromatic heterocycles. The van der Waals surface area contributed by atoms with Crippen molar-refractivity contribution in [1.29, 1.82) is 0 Å². The number of carbonyl (C=O) groups is 1. The number of para-hydroxylation sites is 2. The van der Waals surface area contributed by atoms with Crippen LogP contribution < -0.4 is 11.2 Å². The number of likely N-dealkylation sites (N-methyl/N-ethyl adjacent to an activating group) is 1. The van der Waals surface area contributed by atoms with Crippen LogP contribution in [0.5, 0.6) is 0 Å². The lowest BCUT2D eigenvalue weighted by Gasteiger charge is -2.25. The van der Waals surface area contributed by atoms with E-state index in [1.165, 1.54) is 0 Å². The fraction of sp³-hybridized carbons (Fsp3) is 0.263. The van der Waals surface area contributed by atoms with Crippen molar-refractivity contribution >= 4 is 27.7 Å². The van der Waals surface area contributed by atoms with Gasteiger partial charge in [-0.1, -0.05) is 24.3 Å². The van der Waals surface area contributed by atoms with Gasteiger partial charge in [-0.3, -0.25) is 9.59 Å². The predicted octanol–water partition coefficient (Wildman–Crippen LogP) is 1.96. The predicted molar refractivity (Wildman–Crippen MR) is 97.0 cm³/mol. The zero-order chi connectivity index (χ0) is 17.3. The zero-order valence-corrected chi connectivity index (χ0v) is 13.9. The van der Waals surface area contributed by atoms with Crippen LogP contribution in [-0.2, 0) is 11.3 Å². The normalized spacial score (nSPS) is 12.5. The van der Waals surface area contributed by atoms with E-state index in [9.17, 15) is 9.59 Å². The number of amides is 1. The molecule has 2 N–H and O–H groups in total. The first-order valence-corrected chi connectivity index (χ1v) is 8.00. The molecular formula is C19H21N3O2. The summed E-state index contributed by atoms with van der Waals surface area (Å²) in [6, 6.07) is 14.8. The molecule has 124 valence electrons. The zero-order valence-electron chi connectivity index (χ0n) is 13.9. The van der Waals surface area contributed by atoms with Gasteiger partial charge in [-0.25, -0.2) is 0 Å². The van der Waals surface area contributed by atoms with Crippen LogP contribution in [0.1, 0.15) is 6.92 Å². The molecule has 5 nitrogen and oxygen atoms in total. The molecule has 0 aliphatic heterocycles. The molecule has 0 aliphatic carbocycles. The molecular weight excluding hydrogens is 302 g/mol. The van der Waals surface area contributed by atoms with Crippen molar-refractivity contribution in [2.45, 2.75) is 19.5 Å². The first kappa shape index (κ1) is 16.2. The number of fused-ring (bicyclic) bond motifs is 2. The highest BCUT2D eigenvalue weighted by atomic mass is 16.2. The molecule has 5 heteroatoms. The van der Waals surface area contributed by atoms with E-state index in [1.54, 1.807) is 24.1 Å². The van der Waals surface area contributed by atoms with E-state index >= 15 is 0 Å². The number of benzene rings is 2. The number of hydrogen-bond acceptors (Lipinski definition) is 3. The van der Waals surface area contributed by atoms with Gasteiger partial charge in [0.1, 0.15) is 6.54 Å². The summed E-state index contributed by atoms with van der Waals surface area (Å²) in [6.45, 7) is 2.50. The largest absolute Gasteiger partial charge is 0.340 e. The minimum atomic E-state index is -0.0353. The second kappa shape index (κ2) is 6.45. The average molecular weight is 323 g/mol. The molecule has 0 saturated carbocycles. The number of nitrogens with two attached hydrogens (primary N) is 1. The van der Waals surface area contributed by atoms with Gasteiger partial charge in [0.05, 0.1) is 11.0 Å². The summed E-state index contributed by atoms with van der Waals surface area (Å²) in [5, 5.41) is 1.25. The molecule has 1 amide bonds. The summed E-state index contributed by atoms with van der Waals surface area (Å²) in [5.74, 6) is -0.0353. The van der Waals surface area contributed by atoms with Crippen LogP contribution in [0.3, 0.4) is 0 Å². The van der Waals surface area contributed by atoms with Crippen LogP contribution >= 0.6 is 0 Å². The number of carbonyl (C=O) groups excluding carboxylic acids is 1. The lowest BCUT2D eigenvalue weighted by Crippen LogP contribution is -2.41. The Morgan fingerprint density at radius 2 is 1.58 bits per heavy atom. The molecule has 0 bridgehead atoms. The van der Waals surface area contributed by atoms with E-state index in [0.29, 0.717) is 17.3 Å². The van der Waals surface area contributed by atoms with Crippen molar-refractivity contribution in [2.24, 2.45) is 5.73 Å². The Morgan fingerprint density at radius 1 is 1.08 bits per heavy atom. The minimum absolute atomic E-state index is 0.00594. The standard InChI is InChI=1S/C19H21N3O2/c1-13(11-20)21(2)18(23)12-22-16-9-5-3-7-14(16)19(24)15-8-4-6-10-17(15)22/h3-10,13H,11-12,20H2,1-2H3. The molecule has 1 heterocycles. The molecule has 0 spiro atoms. The summed E-state index contributed by atoms with van der Waals surface area (Å²) in [6.07, 6.45) is 0. The van der Waals surface area contributed by atoms with Gasteiger partial charge in [-0.2, -0.15) is 0 Å². The molecule has 0 aliphatic rings. The van der Waals surface area contributed by atoms with Gasteiger partial charge in [0.2, 0.25) is 5.91 Å². The molecule has 0 radical (unpaired) electrons. The van der Waals surface area contributed by atoms with Crippen LogP contribution in [0.25, 0.3) is 21.8 Å². The van der Waals surface area contributed by atoms with E-state index in [2.05, 4.69) is 0 Å². The SMILES string of the molecule is CC(CN)N(C)C(=O)Cn1c2ccccc2c(=O)c2ccccc21. The van der Waals surface area contributed by atoms with Crippen molar-refractivity contribution in [3.05, 3.63) is 58.8 Å². The summed E-state index contributed by atoms with van der Waals surface area (Å²) < 4.78 is 1.91. The highest BCUT2D eigenvalue weighted by Gasteiger charge is 2.17. The fourth-order valence-electron chi connectivity index (χ4n) is 2.90. The van der Waals surface area contributed by atoms with Gasteiger partial charge < -0.3 is 15.2 Å². The number of pyridine rings is 1. The maximum absolute atomic E-state index is 12.7. The molecule has 0 saturated heterocycles. The van der Waals surface area contributed by atoms with Gasteiger partial charge in [0, 0.05) is 30.4 Å². The highest BCUT2D eigenvalue weighted by Crippen LogP contribution is 2.19. The second-order valence-electron chi connectivity index (χ2n) is 6.04. The Hall–Kier alpha value is -2.66. The van der Waals surface area contributed by atoms with Crippen LogP contribution in [-0.4, -0.2) is 35.0 Å². The molecule has 3 aromatic rings. The van der Waals surface area contributed by atoms with Crippen molar-refractivity contribution in [1.82, 2.24) is 9.47 Å². The monoisotopic (exact) mass is 323 g/mol. The fourth-order valence-corrected chi connectivity index (χ4v) is 2.90. The first-order valence-electron chi connectivity index (χ1n) is 8.00. The quantitative estimate of drug-likeness (QED) is 0.746. The lowest BCUT2D eigenvalue weighted by atomic mass is 10.1. The molecule has 1 atom stereocenters. The van der Waals surface area contributed by atoms with E-state index < -0.39 is 0 Å². The Bertz CT molecular complexity index is 902. The van der Waals surface area contributed by atoms with E-state index in [1.807, 2.05) is 47.9 Å². The van der Waals surface area contributed by atoms with Gasteiger partial charge in [-0.15, -0.1) is 0 Å². The maximum Gasteiger partial charge on any atom is 0.242 e. The molecule has 0 fully saturated rings. The van der Waals surface area contributed by atoms with Crippen molar-refractivity contribution in [2.75, 3.05) is 13.6 Å². The third-order valence-electron chi connectivity index (χ3n) is 4.57. The number of rotatable bonds is 4. The van der Waals surface area contributed by atoms with Gasteiger partial charge in [-0.05, 0) is 31.2 Å². The molecule has 3 rings (SSSR count). The topological polar surface area (TPSA) is 68.3 Å². The lowest BCUT2D eigenvalue weighted by molar-refractivity contribution is -0.132. The number of hydrogen-bond donors (Lipinski definition) is 1. The van der Waals surface area contributed by atoms with E-state index in [4.69, 9.17) is 5.73 Å². The highest BCUT2D eigenvalue weighted by molar-refractivity contribution is 5.94. The Kier molecular flexibility index (Phi) is 4.36. The first-order chi connectivity index (χ1) is 11.5. The molecule has 24 heavy (non-hydrogen) atoms. The number of aromatic nitrogens is 1. The summed E-state index contributed by atoms with van der Waals surface area (Å²) in [7, 11) is 1.76. The molecule has 2 aromatic carbocycles. The summed E-state index contributed by atoms with van der Waals surface area (Å²) >= 11 is 0. The van der Waals surface area contributed by atoms with Crippen LogP contribution in [0.4, 0.5) is 0 Å². The van der Waals surface area contributed by atoms with Crippen LogP contribution in [0, 0.1) is 0 Å². The average Bonchev–Trinajstić information content (AvgIpc) is 2.63. The number of nitrogens with zero attached hydrogens (tertiary/aromatic N) is 2. The third-order valence-corrected chi connectivity index (χ3v) is 4.57. The van der Waals surface area contributed by atoms with Gasteiger partial charge in [0.25, 0.3) is 0 Å². The smallest absolute Gasteiger partial charge is 0.242 e. The Balaban J connectivity index is 2.20. The third kappa shape index (κ3) is 2.67.